The molecule has 2 atom stereocenters. The number of halogens is 2. The Morgan fingerprint density at radius 3 is 2.24 bits per heavy atom. The molecule has 2 aliphatic rings. The van der Waals surface area contributed by atoms with Crippen LogP contribution in [0.5, 0.6) is 0 Å². The van der Waals surface area contributed by atoms with Gasteiger partial charge >= 0.3 is 5.97 Å². The fourth-order valence-electron chi connectivity index (χ4n) is 4.33. The molecule has 1 aromatic carbocycles. The standard InChI is InChI=1S/C18H22F2O4S/c1-3-24-16(21)17(13-8-10-14(11-9-13)25(2,22)23)15(18(17,19)20)12-6-4-5-7-12/h8-12,15H,3-7H2,1-2H3. The van der Waals surface area contributed by atoms with E-state index in [1.165, 1.54) is 24.3 Å². The van der Waals surface area contributed by atoms with Crippen LogP contribution >= 0.6 is 0 Å². The van der Waals surface area contributed by atoms with E-state index in [9.17, 15) is 22.0 Å². The number of alkyl halides is 2. The summed E-state index contributed by atoms with van der Waals surface area (Å²) in [6, 6.07) is 5.23. The number of esters is 1. The molecular formula is C18H22F2O4S. The van der Waals surface area contributed by atoms with E-state index in [0.717, 1.165) is 19.1 Å². The molecule has 4 nitrogen and oxygen atoms in total. The molecule has 0 aromatic heterocycles. The first-order valence-corrected chi connectivity index (χ1v) is 10.4. The minimum Gasteiger partial charge on any atom is -0.465 e. The lowest BCUT2D eigenvalue weighted by Gasteiger charge is -2.18. The Morgan fingerprint density at radius 2 is 1.76 bits per heavy atom. The largest absolute Gasteiger partial charge is 0.465 e. The molecule has 0 bridgehead atoms. The van der Waals surface area contributed by atoms with Gasteiger partial charge in [-0.1, -0.05) is 25.0 Å². The topological polar surface area (TPSA) is 60.4 Å². The molecule has 2 unspecified atom stereocenters. The second kappa shape index (κ2) is 6.04. The average molecular weight is 372 g/mol. The van der Waals surface area contributed by atoms with Crippen molar-refractivity contribution in [2.75, 3.05) is 12.9 Å². The molecule has 0 radical (unpaired) electrons. The monoisotopic (exact) mass is 372 g/mol. The van der Waals surface area contributed by atoms with Crippen LogP contribution in [0.2, 0.25) is 0 Å². The zero-order valence-electron chi connectivity index (χ0n) is 14.3. The Labute approximate surface area is 146 Å². The molecule has 1 aromatic rings. The van der Waals surface area contributed by atoms with Crippen molar-refractivity contribution in [3.8, 4) is 0 Å². The predicted octanol–water partition coefficient (Wildman–Crippen LogP) is 3.35. The summed E-state index contributed by atoms with van der Waals surface area (Å²) < 4.78 is 58.1. The fourth-order valence-corrected chi connectivity index (χ4v) is 4.96. The zero-order chi connectivity index (χ0) is 18.5. The van der Waals surface area contributed by atoms with Crippen LogP contribution < -0.4 is 0 Å². The van der Waals surface area contributed by atoms with Gasteiger partial charge in [0.2, 0.25) is 0 Å². The maximum atomic E-state index is 14.9. The highest BCUT2D eigenvalue weighted by molar-refractivity contribution is 7.90. The van der Waals surface area contributed by atoms with Crippen molar-refractivity contribution in [1.82, 2.24) is 0 Å². The van der Waals surface area contributed by atoms with E-state index in [1.807, 2.05) is 0 Å². The van der Waals surface area contributed by atoms with Gasteiger partial charge in [0.05, 0.1) is 17.4 Å². The van der Waals surface area contributed by atoms with Crippen molar-refractivity contribution >= 4 is 15.8 Å². The lowest BCUT2D eigenvalue weighted by Crippen LogP contribution is -2.31. The highest BCUT2D eigenvalue weighted by atomic mass is 32.2. The number of hydrogen-bond donors (Lipinski definition) is 0. The minimum absolute atomic E-state index is 0.0233. The van der Waals surface area contributed by atoms with E-state index in [-0.39, 0.29) is 23.0 Å². The molecule has 7 heteroatoms. The SMILES string of the molecule is CCOC(=O)C1(c2ccc(S(C)(=O)=O)cc2)C(C2CCCC2)C1(F)F. The molecule has 3 rings (SSSR count). The molecule has 0 aliphatic heterocycles. The Morgan fingerprint density at radius 1 is 1.20 bits per heavy atom. The fraction of sp³-hybridized carbons (Fsp3) is 0.611. The zero-order valence-corrected chi connectivity index (χ0v) is 15.1. The molecule has 0 amide bonds. The lowest BCUT2D eigenvalue weighted by atomic mass is 9.87. The molecule has 2 fully saturated rings. The summed E-state index contributed by atoms with van der Waals surface area (Å²) in [5, 5.41) is 0. The quantitative estimate of drug-likeness (QED) is 0.744. The van der Waals surface area contributed by atoms with Gasteiger partial charge in [-0.2, -0.15) is 0 Å². The van der Waals surface area contributed by atoms with Gasteiger partial charge in [0, 0.05) is 6.26 Å². The van der Waals surface area contributed by atoms with Gasteiger partial charge in [-0.25, -0.2) is 17.2 Å². The summed E-state index contributed by atoms with van der Waals surface area (Å²) in [4.78, 5) is 12.6. The summed E-state index contributed by atoms with van der Waals surface area (Å²) in [6.45, 7) is 1.61. The Hall–Kier alpha value is -1.50. The van der Waals surface area contributed by atoms with Crippen LogP contribution in [0.4, 0.5) is 8.78 Å². The predicted molar refractivity (Wildman–Crippen MR) is 88.3 cm³/mol. The molecule has 0 saturated heterocycles. The highest BCUT2D eigenvalue weighted by Gasteiger charge is 2.87. The van der Waals surface area contributed by atoms with E-state index in [1.54, 1.807) is 6.92 Å². The van der Waals surface area contributed by atoms with Crippen molar-refractivity contribution in [2.45, 2.75) is 48.8 Å². The second-order valence-corrected chi connectivity index (χ2v) is 8.99. The van der Waals surface area contributed by atoms with Crippen molar-refractivity contribution in [3.63, 3.8) is 0 Å². The van der Waals surface area contributed by atoms with Crippen LogP contribution in [-0.4, -0.2) is 33.2 Å². The van der Waals surface area contributed by atoms with E-state index < -0.39 is 33.1 Å². The van der Waals surface area contributed by atoms with Gasteiger partial charge < -0.3 is 4.74 Å². The average Bonchev–Trinajstić information content (AvgIpc) is 2.88. The number of rotatable bonds is 5. The normalized spacial score (nSPS) is 28.7. The first kappa shape index (κ1) is 18.3. The number of carbonyl (C=O) groups is 1. The number of sulfone groups is 1. The second-order valence-electron chi connectivity index (χ2n) is 6.97. The van der Waals surface area contributed by atoms with E-state index in [2.05, 4.69) is 0 Å². The molecule has 25 heavy (non-hydrogen) atoms. The molecule has 138 valence electrons. The van der Waals surface area contributed by atoms with Gasteiger partial charge in [-0.3, -0.25) is 4.79 Å². The van der Waals surface area contributed by atoms with Crippen LogP contribution in [0.25, 0.3) is 0 Å². The van der Waals surface area contributed by atoms with Crippen LogP contribution in [0.1, 0.15) is 38.2 Å². The van der Waals surface area contributed by atoms with Crippen molar-refractivity contribution in [3.05, 3.63) is 29.8 Å². The number of benzene rings is 1. The maximum Gasteiger partial charge on any atom is 0.323 e. The van der Waals surface area contributed by atoms with E-state index in [4.69, 9.17) is 4.74 Å². The smallest absolute Gasteiger partial charge is 0.323 e. The molecular weight excluding hydrogens is 350 g/mol. The summed E-state index contributed by atoms with van der Waals surface area (Å²) in [6.07, 6.45) is 4.20. The maximum absolute atomic E-state index is 14.9. The third-order valence-corrected chi connectivity index (χ3v) is 6.63. The molecule has 0 spiro atoms. The van der Waals surface area contributed by atoms with Gasteiger partial charge in [0.25, 0.3) is 5.92 Å². The van der Waals surface area contributed by atoms with Crippen LogP contribution in [0.15, 0.2) is 29.2 Å². The lowest BCUT2D eigenvalue weighted by molar-refractivity contribution is -0.149. The summed E-state index contributed by atoms with van der Waals surface area (Å²) in [5.74, 6) is -5.38. The third kappa shape index (κ3) is 2.67. The Kier molecular flexibility index (Phi) is 4.42. The minimum atomic E-state index is -3.44. The molecule has 0 heterocycles. The third-order valence-electron chi connectivity index (χ3n) is 5.51. The van der Waals surface area contributed by atoms with Crippen molar-refractivity contribution in [1.29, 1.82) is 0 Å². The van der Waals surface area contributed by atoms with Gasteiger partial charge in [0.1, 0.15) is 0 Å². The summed E-state index contributed by atoms with van der Waals surface area (Å²) in [7, 11) is -3.44. The van der Waals surface area contributed by atoms with Crippen LogP contribution in [-0.2, 0) is 24.8 Å². The summed E-state index contributed by atoms with van der Waals surface area (Å²) >= 11 is 0. The molecule has 2 aliphatic carbocycles. The van der Waals surface area contributed by atoms with Gasteiger partial charge in [-0.05, 0) is 43.4 Å². The highest BCUT2D eigenvalue weighted by Crippen LogP contribution is 2.71. The van der Waals surface area contributed by atoms with Crippen LogP contribution in [0.3, 0.4) is 0 Å². The van der Waals surface area contributed by atoms with Crippen molar-refractivity contribution < 1.29 is 26.7 Å². The first-order chi connectivity index (χ1) is 11.7. The summed E-state index contributed by atoms with van der Waals surface area (Å²) in [5.41, 5.74) is -1.85. The molecule has 0 N–H and O–H groups in total. The molecule has 2 saturated carbocycles. The number of carbonyl (C=O) groups excluding carboxylic acids is 1. The van der Waals surface area contributed by atoms with E-state index >= 15 is 0 Å². The Balaban J connectivity index is 2.06. The number of hydrogen-bond acceptors (Lipinski definition) is 4. The van der Waals surface area contributed by atoms with Gasteiger partial charge in [0.15, 0.2) is 15.3 Å². The van der Waals surface area contributed by atoms with E-state index in [0.29, 0.717) is 12.8 Å². The van der Waals surface area contributed by atoms with Crippen molar-refractivity contribution in [2.24, 2.45) is 11.8 Å². The Bertz CT molecular complexity index is 767. The number of ether oxygens (including phenoxy) is 1. The van der Waals surface area contributed by atoms with Gasteiger partial charge in [-0.15, -0.1) is 0 Å². The first-order valence-electron chi connectivity index (χ1n) is 8.53. The van der Waals surface area contributed by atoms with Crippen LogP contribution in [0, 0.1) is 11.8 Å².